The highest BCUT2D eigenvalue weighted by molar-refractivity contribution is 5.80. The third-order valence-electron chi connectivity index (χ3n) is 4.25. The summed E-state index contributed by atoms with van der Waals surface area (Å²) in [5.74, 6) is -1.82. The van der Waals surface area contributed by atoms with Gasteiger partial charge in [0.2, 0.25) is 0 Å². The molecule has 0 bridgehead atoms. The van der Waals surface area contributed by atoms with E-state index < -0.39 is 36.7 Å². The van der Waals surface area contributed by atoms with Crippen molar-refractivity contribution >= 4 is 11.9 Å². The molecule has 1 atom stereocenters. The fourth-order valence-corrected chi connectivity index (χ4v) is 1.78. The van der Waals surface area contributed by atoms with E-state index in [4.69, 9.17) is 4.74 Å². The Morgan fingerprint density at radius 3 is 1.86 bits per heavy atom. The number of carbonyl (C=O) groups excluding carboxylic acids is 2. The Hall–Kier alpha value is -1.27. The summed E-state index contributed by atoms with van der Waals surface area (Å²) in [5, 5.41) is 0. The van der Waals surface area contributed by atoms with Gasteiger partial charge in [0.25, 0.3) is 0 Å². The van der Waals surface area contributed by atoms with Gasteiger partial charge in [-0.15, -0.1) is 0 Å². The van der Waals surface area contributed by atoms with E-state index in [2.05, 4.69) is 4.74 Å². The van der Waals surface area contributed by atoms with Crippen LogP contribution >= 0.6 is 0 Å². The van der Waals surface area contributed by atoms with Gasteiger partial charge in [-0.3, -0.25) is 4.79 Å². The van der Waals surface area contributed by atoms with Crippen LogP contribution in [0.1, 0.15) is 47.5 Å². The summed E-state index contributed by atoms with van der Waals surface area (Å²) in [7, 11) is 0. The normalized spacial score (nSPS) is 15.2. The maximum Gasteiger partial charge on any atom is 0.422 e. The minimum absolute atomic E-state index is 0.366. The van der Waals surface area contributed by atoms with Gasteiger partial charge >= 0.3 is 18.1 Å². The maximum atomic E-state index is 12.2. The van der Waals surface area contributed by atoms with E-state index in [0.717, 1.165) is 0 Å². The van der Waals surface area contributed by atoms with Crippen molar-refractivity contribution in [1.82, 2.24) is 0 Å². The van der Waals surface area contributed by atoms with Crippen molar-refractivity contribution in [3.63, 3.8) is 0 Å². The number of esters is 2. The van der Waals surface area contributed by atoms with E-state index in [1.165, 1.54) is 0 Å². The van der Waals surface area contributed by atoms with Crippen LogP contribution in [-0.2, 0) is 19.1 Å². The second-order valence-corrected chi connectivity index (χ2v) is 5.78. The highest BCUT2D eigenvalue weighted by Gasteiger charge is 2.46. The molecule has 0 saturated carbocycles. The summed E-state index contributed by atoms with van der Waals surface area (Å²) < 4.78 is 44.4. The second-order valence-electron chi connectivity index (χ2n) is 5.78. The molecule has 0 spiro atoms. The Bertz CT molecular complexity index is 377. The highest BCUT2D eigenvalue weighted by Crippen LogP contribution is 2.45. The molecule has 0 fully saturated rings. The molecule has 0 heterocycles. The first-order chi connectivity index (χ1) is 9.39. The smallest absolute Gasteiger partial charge is 0.422 e. The summed E-state index contributed by atoms with van der Waals surface area (Å²) in [4.78, 5) is 23.3. The van der Waals surface area contributed by atoms with Crippen LogP contribution in [0.4, 0.5) is 13.2 Å². The average Bonchev–Trinajstić information content (AvgIpc) is 2.40. The van der Waals surface area contributed by atoms with Crippen molar-refractivity contribution in [2.45, 2.75) is 53.6 Å². The van der Waals surface area contributed by atoms with Crippen molar-refractivity contribution in [3.05, 3.63) is 0 Å². The van der Waals surface area contributed by atoms with Gasteiger partial charge in [-0.05, 0) is 25.2 Å². The van der Waals surface area contributed by atoms with E-state index in [1.54, 1.807) is 6.92 Å². The molecule has 0 aromatic heterocycles. The average molecular weight is 312 g/mol. The first-order valence-electron chi connectivity index (χ1n) is 6.79. The van der Waals surface area contributed by atoms with Gasteiger partial charge in [0, 0.05) is 0 Å². The summed E-state index contributed by atoms with van der Waals surface area (Å²) in [6.45, 7) is 6.78. The zero-order valence-electron chi connectivity index (χ0n) is 13.1. The molecule has 21 heavy (non-hydrogen) atoms. The van der Waals surface area contributed by atoms with Crippen LogP contribution in [0.25, 0.3) is 0 Å². The zero-order chi connectivity index (χ0) is 16.9. The van der Waals surface area contributed by atoms with Crippen molar-refractivity contribution in [2.24, 2.45) is 10.8 Å². The van der Waals surface area contributed by atoms with Crippen molar-refractivity contribution in [3.8, 4) is 0 Å². The largest absolute Gasteiger partial charge is 0.454 e. The van der Waals surface area contributed by atoms with E-state index in [0.29, 0.717) is 12.8 Å². The molecule has 0 aliphatic rings. The predicted molar refractivity (Wildman–Crippen MR) is 70.4 cm³/mol. The number of ether oxygens (including phenoxy) is 2. The van der Waals surface area contributed by atoms with Crippen LogP contribution in [0.2, 0.25) is 0 Å². The number of halogens is 3. The molecule has 4 nitrogen and oxygen atoms in total. The Kier molecular flexibility index (Phi) is 6.70. The van der Waals surface area contributed by atoms with Gasteiger partial charge < -0.3 is 9.47 Å². The van der Waals surface area contributed by atoms with Crippen LogP contribution in [-0.4, -0.2) is 31.3 Å². The van der Waals surface area contributed by atoms with E-state index in [1.807, 2.05) is 27.7 Å². The Morgan fingerprint density at radius 2 is 1.48 bits per heavy atom. The standard InChI is InChI=1S/C14H23F3O4/c1-6-12(3,4)13(5,7-2)11(19)20-8-10(18)21-9-14(15,16)17/h6-9H2,1-5H3. The van der Waals surface area contributed by atoms with Crippen LogP contribution in [0, 0.1) is 10.8 Å². The van der Waals surface area contributed by atoms with Crippen molar-refractivity contribution < 1.29 is 32.2 Å². The molecule has 0 aromatic carbocycles. The van der Waals surface area contributed by atoms with Gasteiger partial charge in [0.05, 0.1) is 5.41 Å². The summed E-state index contributed by atoms with van der Waals surface area (Å²) in [6.07, 6.45) is -3.39. The van der Waals surface area contributed by atoms with Gasteiger partial charge in [-0.1, -0.05) is 27.7 Å². The third kappa shape index (κ3) is 5.55. The van der Waals surface area contributed by atoms with Crippen molar-refractivity contribution in [2.75, 3.05) is 13.2 Å². The number of alkyl halides is 3. The molecule has 0 amide bonds. The number of rotatable bonds is 7. The molecule has 7 heteroatoms. The molecule has 0 aliphatic carbocycles. The summed E-state index contributed by atoms with van der Waals surface area (Å²) in [5.41, 5.74) is -1.19. The lowest BCUT2D eigenvalue weighted by Gasteiger charge is -2.41. The van der Waals surface area contributed by atoms with Crippen LogP contribution in [0.5, 0.6) is 0 Å². The van der Waals surface area contributed by atoms with Gasteiger partial charge in [0.15, 0.2) is 13.2 Å². The fourth-order valence-electron chi connectivity index (χ4n) is 1.78. The topological polar surface area (TPSA) is 52.6 Å². The molecule has 0 aliphatic heterocycles. The molecule has 0 radical (unpaired) electrons. The molecule has 0 rings (SSSR count). The van der Waals surface area contributed by atoms with Gasteiger partial charge in [-0.2, -0.15) is 13.2 Å². The van der Waals surface area contributed by atoms with E-state index in [-0.39, 0.29) is 5.41 Å². The van der Waals surface area contributed by atoms with Crippen LogP contribution < -0.4 is 0 Å². The first kappa shape index (κ1) is 19.7. The quantitative estimate of drug-likeness (QED) is 0.675. The Morgan fingerprint density at radius 1 is 0.952 bits per heavy atom. The number of hydrogen-bond donors (Lipinski definition) is 0. The second kappa shape index (κ2) is 7.13. The molecule has 124 valence electrons. The fraction of sp³-hybridized carbons (Fsp3) is 0.857. The minimum atomic E-state index is -4.60. The highest BCUT2D eigenvalue weighted by atomic mass is 19.4. The Balaban J connectivity index is 4.58. The molecule has 0 N–H and O–H groups in total. The lowest BCUT2D eigenvalue weighted by atomic mass is 9.64. The van der Waals surface area contributed by atoms with Crippen LogP contribution in [0.15, 0.2) is 0 Å². The van der Waals surface area contributed by atoms with Gasteiger partial charge in [0.1, 0.15) is 0 Å². The Labute approximate surface area is 123 Å². The molecule has 0 saturated heterocycles. The number of carbonyl (C=O) groups is 2. The monoisotopic (exact) mass is 312 g/mol. The van der Waals surface area contributed by atoms with Crippen molar-refractivity contribution in [1.29, 1.82) is 0 Å². The van der Waals surface area contributed by atoms with E-state index >= 15 is 0 Å². The first-order valence-corrected chi connectivity index (χ1v) is 6.79. The van der Waals surface area contributed by atoms with E-state index in [9.17, 15) is 22.8 Å². The molecular weight excluding hydrogens is 289 g/mol. The molecule has 1 unspecified atom stereocenters. The van der Waals surface area contributed by atoms with Gasteiger partial charge in [-0.25, -0.2) is 4.79 Å². The zero-order valence-corrected chi connectivity index (χ0v) is 13.1. The summed E-state index contributed by atoms with van der Waals surface area (Å²) in [6, 6.07) is 0. The maximum absolute atomic E-state index is 12.2. The SMILES string of the molecule is CCC(C)(C)C(C)(CC)C(=O)OCC(=O)OCC(F)(F)F. The minimum Gasteiger partial charge on any atom is -0.454 e. The lowest BCUT2D eigenvalue weighted by molar-refractivity contribution is -0.191. The van der Waals surface area contributed by atoms with Crippen LogP contribution in [0.3, 0.4) is 0 Å². The number of hydrogen-bond acceptors (Lipinski definition) is 4. The third-order valence-corrected chi connectivity index (χ3v) is 4.25. The summed E-state index contributed by atoms with van der Waals surface area (Å²) >= 11 is 0. The molecular formula is C14H23F3O4. The predicted octanol–water partition coefficient (Wildman–Crippen LogP) is 3.49. The lowest BCUT2D eigenvalue weighted by Crippen LogP contribution is -2.43. The molecule has 0 aromatic rings.